The first-order chi connectivity index (χ1) is 12.9. The first kappa shape index (κ1) is 19.4. The van der Waals surface area contributed by atoms with Gasteiger partial charge in [0, 0.05) is 24.7 Å². The van der Waals surface area contributed by atoms with Crippen LogP contribution in [0.25, 0.3) is 0 Å². The summed E-state index contributed by atoms with van der Waals surface area (Å²) >= 11 is 1.57. The first-order valence-corrected chi connectivity index (χ1v) is 9.74. The number of methoxy groups -OCH3 is 1. The zero-order valence-electron chi connectivity index (χ0n) is 15.8. The minimum atomic E-state index is -0.416. The van der Waals surface area contributed by atoms with Gasteiger partial charge in [-0.05, 0) is 55.2 Å². The number of ether oxygens (including phenoxy) is 1. The van der Waals surface area contributed by atoms with Crippen LogP contribution in [0.2, 0.25) is 0 Å². The SMILES string of the molecule is COCc1cc(NC(=O)c2ccc(C)cn2)cc(C2(C)CCSC(N)=N2)c1. The Kier molecular flexibility index (Phi) is 5.82. The number of nitrogens with one attached hydrogen (secondary N) is 1. The highest BCUT2D eigenvalue weighted by molar-refractivity contribution is 8.13. The summed E-state index contributed by atoms with van der Waals surface area (Å²) in [7, 11) is 1.65. The molecule has 3 rings (SSSR count). The van der Waals surface area contributed by atoms with Crippen LogP contribution in [0.15, 0.2) is 41.5 Å². The van der Waals surface area contributed by atoms with Crippen LogP contribution >= 0.6 is 11.8 Å². The molecule has 1 aromatic heterocycles. The Labute approximate surface area is 163 Å². The van der Waals surface area contributed by atoms with Crippen LogP contribution < -0.4 is 11.1 Å². The Balaban J connectivity index is 1.93. The Bertz CT molecular complexity index is 867. The smallest absolute Gasteiger partial charge is 0.274 e. The number of amidine groups is 1. The Morgan fingerprint density at radius 3 is 2.85 bits per heavy atom. The summed E-state index contributed by atoms with van der Waals surface area (Å²) in [5.41, 5.74) is 9.60. The largest absolute Gasteiger partial charge is 0.380 e. The molecule has 0 spiro atoms. The normalized spacial score (nSPS) is 19.4. The summed E-state index contributed by atoms with van der Waals surface area (Å²) in [6.45, 7) is 4.45. The molecule has 0 saturated carbocycles. The predicted octanol–water partition coefficient (Wildman–Crippen LogP) is 3.46. The molecule has 7 heteroatoms. The van der Waals surface area contributed by atoms with Gasteiger partial charge in [-0.2, -0.15) is 0 Å². The minimum absolute atomic E-state index is 0.247. The lowest BCUT2D eigenvalue weighted by Gasteiger charge is -2.30. The summed E-state index contributed by atoms with van der Waals surface area (Å²) in [5, 5.41) is 3.54. The van der Waals surface area contributed by atoms with E-state index in [1.54, 1.807) is 31.1 Å². The van der Waals surface area contributed by atoms with Crippen molar-refractivity contribution in [3.05, 3.63) is 58.9 Å². The van der Waals surface area contributed by atoms with E-state index in [2.05, 4.69) is 28.3 Å². The molecule has 1 unspecified atom stereocenters. The molecule has 0 saturated heterocycles. The number of amides is 1. The quantitative estimate of drug-likeness (QED) is 0.824. The zero-order valence-corrected chi connectivity index (χ0v) is 16.6. The summed E-state index contributed by atoms with van der Waals surface area (Å²) in [5.74, 6) is 0.665. The van der Waals surface area contributed by atoms with Gasteiger partial charge in [0.25, 0.3) is 5.91 Å². The summed E-state index contributed by atoms with van der Waals surface area (Å²) in [6, 6.07) is 9.52. The molecule has 1 amide bonds. The lowest BCUT2D eigenvalue weighted by atomic mass is 9.88. The molecule has 6 nitrogen and oxygen atoms in total. The van der Waals surface area contributed by atoms with Crippen LogP contribution in [-0.2, 0) is 16.9 Å². The van der Waals surface area contributed by atoms with E-state index in [0.717, 1.165) is 28.9 Å². The molecule has 1 aliphatic rings. The average Bonchev–Trinajstić information content (AvgIpc) is 2.62. The number of carbonyl (C=O) groups is 1. The Morgan fingerprint density at radius 1 is 1.37 bits per heavy atom. The van der Waals surface area contributed by atoms with Gasteiger partial charge >= 0.3 is 0 Å². The summed E-state index contributed by atoms with van der Waals surface area (Å²) < 4.78 is 5.29. The monoisotopic (exact) mass is 384 g/mol. The van der Waals surface area contributed by atoms with E-state index >= 15 is 0 Å². The van der Waals surface area contributed by atoms with Crippen molar-refractivity contribution in [1.82, 2.24) is 4.98 Å². The first-order valence-electron chi connectivity index (χ1n) is 8.75. The molecule has 1 aliphatic heterocycles. The van der Waals surface area contributed by atoms with Gasteiger partial charge in [0.05, 0.1) is 12.1 Å². The maximum atomic E-state index is 12.6. The lowest BCUT2D eigenvalue weighted by Crippen LogP contribution is -2.29. The number of rotatable bonds is 5. The number of benzene rings is 1. The van der Waals surface area contributed by atoms with Crippen LogP contribution in [0.1, 0.15) is 40.5 Å². The molecule has 1 atom stereocenters. The fourth-order valence-electron chi connectivity index (χ4n) is 3.02. The van der Waals surface area contributed by atoms with E-state index in [4.69, 9.17) is 10.5 Å². The van der Waals surface area contributed by atoms with Crippen molar-refractivity contribution in [1.29, 1.82) is 0 Å². The maximum absolute atomic E-state index is 12.6. The molecule has 0 bridgehead atoms. The minimum Gasteiger partial charge on any atom is -0.380 e. The number of aromatic nitrogens is 1. The van der Waals surface area contributed by atoms with E-state index in [1.165, 1.54) is 0 Å². The molecule has 142 valence electrons. The number of anilines is 1. The van der Waals surface area contributed by atoms with Crippen LogP contribution in [0.5, 0.6) is 0 Å². The van der Waals surface area contributed by atoms with Gasteiger partial charge in [0.1, 0.15) is 5.69 Å². The van der Waals surface area contributed by atoms with Gasteiger partial charge in [0.2, 0.25) is 0 Å². The molecule has 3 N–H and O–H groups in total. The molecular weight excluding hydrogens is 360 g/mol. The van der Waals surface area contributed by atoms with E-state index < -0.39 is 5.54 Å². The second kappa shape index (κ2) is 8.10. The van der Waals surface area contributed by atoms with Crippen molar-refractivity contribution >= 4 is 28.5 Å². The fraction of sp³-hybridized carbons (Fsp3) is 0.350. The number of hydrogen-bond donors (Lipinski definition) is 2. The zero-order chi connectivity index (χ0) is 19.4. The molecule has 0 aliphatic carbocycles. The Morgan fingerprint density at radius 2 is 2.19 bits per heavy atom. The van der Waals surface area contributed by atoms with Gasteiger partial charge in [-0.15, -0.1) is 0 Å². The predicted molar refractivity (Wildman–Crippen MR) is 110 cm³/mol. The highest BCUT2D eigenvalue weighted by Gasteiger charge is 2.30. The van der Waals surface area contributed by atoms with E-state index in [9.17, 15) is 4.79 Å². The molecule has 27 heavy (non-hydrogen) atoms. The average molecular weight is 385 g/mol. The highest BCUT2D eigenvalue weighted by Crippen LogP contribution is 2.36. The van der Waals surface area contributed by atoms with Gasteiger partial charge in [-0.1, -0.05) is 23.9 Å². The third-order valence-electron chi connectivity index (χ3n) is 4.52. The molecule has 2 aromatic rings. The number of nitrogens with zero attached hydrogens (tertiary/aromatic N) is 2. The number of nitrogens with two attached hydrogens (primary N) is 1. The molecule has 2 heterocycles. The number of hydrogen-bond acceptors (Lipinski definition) is 6. The van der Waals surface area contributed by atoms with E-state index in [-0.39, 0.29) is 5.91 Å². The third-order valence-corrected chi connectivity index (χ3v) is 5.32. The van der Waals surface area contributed by atoms with Crippen molar-refractivity contribution in [2.45, 2.75) is 32.4 Å². The van der Waals surface area contributed by atoms with Crippen molar-refractivity contribution < 1.29 is 9.53 Å². The van der Waals surface area contributed by atoms with Gasteiger partial charge < -0.3 is 15.8 Å². The number of carbonyl (C=O) groups excluding carboxylic acids is 1. The second-order valence-corrected chi connectivity index (χ2v) is 7.96. The summed E-state index contributed by atoms with van der Waals surface area (Å²) in [6.07, 6.45) is 2.56. The highest BCUT2D eigenvalue weighted by atomic mass is 32.2. The number of pyridine rings is 1. The van der Waals surface area contributed by atoms with Crippen LogP contribution in [-0.4, -0.2) is 28.9 Å². The maximum Gasteiger partial charge on any atom is 0.274 e. The molecular formula is C20H24N4O2S. The number of thioether (sulfide) groups is 1. The second-order valence-electron chi connectivity index (χ2n) is 6.85. The lowest BCUT2D eigenvalue weighted by molar-refractivity contribution is 0.102. The summed E-state index contributed by atoms with van der Waals surface area (Å²) in [4.78, 5) is 21.4. The molecule has 0 fully saturated rings. The molecule has 1 aromatic carbocycles. The fourth-order valence-corrected chi connectivity index (χ4v) is 3.99. The van der Waals surface area contributed by atoms with Crippen molar-refractivity contribution in [2.24, 2.45) is 10.7 Å². The van der Waals surface area contributed by atoms with Crippen LogP contribution in [0, 0.1) is 6.92 Å². The number of aliphatic imine (C=N–C) groups is 1. The van der Waals surface area contributed by atoms with E-state index in [0.29, 0.717) is 23.2 Å². The third kappa shape index (κ3) is 4.67. The van der Waals surface area contributed by atoms with Gasteiger partial charge in [-0.3, -0.25) is 14.8 Å². The van der Waals surface area contributed by atoms with Crippen LogP contribution in [0.4, 0.5) is 5.69 Å². The topological polar surface area (TPSA) is 89.6 Å². The Hall–Kier alpha value is -2.38. The molecule has 0 radical (unpaired) electrons. The standard InChI is InChI=1S/C20H24N4O2S/c1-13-4-5-17(22-11-13)18(25)23-16-9-14(12-26-3)8-15(10-16)20(2)6-7-27-19(21)24-20/h4-5,8-11H,6-7,12H2,1-3H3,(H2,21,24)(H,23,25). The van der Waals surface area contributed by atoms with E-state index in [1.807, 2.05) is 25.1 Å². The van der Waals surface area contributed by atoms with Crippen molar-refractivity contribution in [3.8, 4) is 0 Å². The van der Waals surface area contributed by atoms with Gasteiger partial charge in [-0.25, -0.2) is 0 Å². The van der Waals surface area contributed by atoms with Crippen molar-refractivity contribution in [2.75, 3.05) is 18.2 Å². The number of aryl methyl sites for hydroxylation is 1. The van der Waals surface area contributed by atoms with Gasteiger partial charge in [0.15, 0.2) is 5.17 Å². The van der Waals surface area contributed by atoms with Crippen molar-refractivity contribution in [3.63, 3.8) is 0 Å². The van der Waals surface area contributed by atoms with Crippen LogP contribution in [0.3, 0.4) is 0 Å².